The number of nitrogens with zero attached hydrogens (tertiary/aromatic N) is 1. The lowest BCUT2D eigenvalue weighted by molar-refractivity contribution is 0.00285. The van der Waals surface area contributed by atoms with Crippen LogP contribution in [0.15, 0.2) is 30.3 Å². The maximum absolute atomic E-state index is 12.7. The first-order valence-corrected chi connectivity index (χ1v) is 9.59. The minimum Gasteiger partial charge on any atom is -0.487 e. The van der Waals surface area contributed by atoms with Gasteiger partial charge in [0.05, 0.1) is 12.1 Å². The molecule has 3 atom stereocenters. The number of para-hydroxylation sites is 1. The lowest BCUT2D eigenvalue weighted by Gasteiger charge is -2.39. The van der Waals surface area contributed by atoms with Crippen LogP contribution in [-0.4, -0.2) is 61.0 Å². The lowest BCUT2D eigenvalue weighted by Crippen LogP contribution is -2.61. The molecule has 26 heavy (non-hydrogen) atoms. The molecule has 1 aromatic carbocycles. The Hall–Kier alpha value is -1.79. The van der Waals surface area contributed by atoms with Crippen LogP contribution in [0.5, 0.6) is 5.75 Å². The van der Waals surface area contributed by atoms with Gasteiger partial charge in [-0.3, -0.25) is 0 Å². The molecule has 2 unspecified atom stereocenters. The van der Waals surface area contributed by atoms with Gasteiger partial charge in [0.15, 0.2) is 0 Å². The monoisotopic (exact) mass is 361 g/mol. The molecule has 1 aromatic rings. The highest BCUT2D eigenvalue weighted by atomic mass is 16.6. The zero-order valence-electron chi connectivity index (χ0n) is 16.0. The molecular weight excluding hydrogens is 330 g/mol. The summed E-state index contributed by atoms with van der Waals surface area (Å²) in [5, 5.41) is 6.99. The van der Waals surface area contributed by atoms with Gasteiger partial charge in [-0.2, -0.15) is 0 Å². The fourth-order valence-corrected chi connectivity index (χ4v) is 3.67. The number of likely N-dealkylation sites (tertiary alicyclic amines) is 1. The van der Waals surface area contributed by atoms with E-state index in [1.807, 2.05) is 56.0 Å². The van der Waals surface area contributed by atoms with Gasteiger partial charge in [-0.1, -0.05) is 18.2 Å². The molecule has 0 aliphatic carbocycles. The van der Waals surface area contributed by atoms with E-state index in [4.69, 9.17) is 9.47 Å². The van der Waals surface area contributed by atoms with E-state index in [-0.39, 0.29) is 24.3 Å². The number of amides is 1. The highest BCUT2D eigenvalue weighted by molar-refractivity contribution is 5.69. The topological polar surface area (TPSA) is 62.8 Å². The predicted molar refractivity (Wildman–Crippen MR) is 101 cm³/mol. The maximum Gasteiger partial charge on any atom is 0.410 e. The molecule has 2 aliphatic heterocycles. The molecule has 0 spiro atoms. The molecule has 0 radical (unpaired) electrons. The molecule has 1 amide bonds. The molecule has 2 N–H and O–H groups in total. The fraction of sp³-hybridized carbons (Fsp3) is 0.650. The summed E-state index contributed by atoms with van der Waals surface area (Å²) in [5.41, 5.74) is -0.495. The van der Waals surface area contributed by atoms with Crippen molar-refractivity contribution in [2.45, 2.75) is 57.4 Å². The van der Waals surface area contributed by atoms with Gasteiger partial charge in [0.2, 0.25) is 0 Å². The summed E-state index contributed by atoms with van der Waals surface area (Å²) in [5.74, 6) is 0.834. The minimum absolute atomic E-state index is 0.00227. The Morgan fingerprint density at radius 3 is 2.65 bits per heavy atom. The molecule has 0 bridgehead atoms. The smallest absolute Gasteiger partial charge is 0.410 e. The van der Waals surface area contributed by atoms with Gasteiger partial charge in [0.25, 0.3) is 0 Å². The van der Waals surface area contributed by atoms with Crippen LogP contribution in [-0.2, 0) is 4.74 Å². The summed E-state index contributed by atoms with van der Waals surface area (Å²) < 4.78 is 12.0. The number of hydrogen-bond donors (Lipinski definition) is 2. The molecule has 6 nitrogen and oxygen atoms in total. The summed E-state index contributed by atoms with van der Waals surface area (Å²) in [6, 6.07) is 10.0. The molecule has 2 saturated heterocycles. The summed E-state index contributed by atoms with van der Waals surface area (Å²) >= 11 is 0. The van der Waals surface area contributed by atoms with Gasteiger partial charge in [0.1, 0.15) is 17.5 Å². The molecular formula is C20H31N3O3. The third kappa shape index (κ3) is 4.89. The highest BCUT2D eigenvalue weighted by Gasteiger charge is 2.42. The van der Waals surface area contributed by atoms with Crippen LogP contribution in [0.2, 0.25) is 0 Å². The Kier molecular flexibility index (Phi) is 6.04. The van der Waals surface area contributed by atoms with Crippen molar-refractivity contribution in [3.05, 3.63) is 30.3 Å². The van der Waals surface area contributed by atoms with E-state index in [0.29, 0.717) is 6.54 Å². The van der Waals surface area contributed by atoms with Crippen LogP contribution < -0.4 is 15.4 Å². The number of rotatable bonds is 4. The summed E-state index contributed by atoms with van der Waals surface area (Å²) in [7, 11) is 0. The first kappa shape index (κ1) is 19.0. The average Bonchev–Trinajstić information content (AvgIpc) is 3.09. The minimum atomic E-state index is -0.495. The van der Waals surface area contributed by atoms with Crippen LogP contribution in [0.1, 0.15) is 33.6 Å². The van der Waals surface area contributed by atoms with Crippen LogP contribution in [0.3, 0.4) is 0 Å². The SMILES string of the molecule is CC(C)(C)OC(=O)N1CCC[C@@H]1C(Oc1ccccc1)C1CNCCN1. The number of nitrogens with one attached hydrogen (secondary N) is 2. The molecule has 6 heteroatoms. The Balaban J connectivity index is 1.78. The number of benzene rings is 1. The first-order chi connectivity index (χ1) is 12.4. The van der Waals surface area contributed by atoms with Crippen molar-refractivity contribution in [2.75, 3.05) is 26.2 Å². The molecule has 2 aliphatic rings. The van der Waals surface area contributed by atoms with Gasteiger partial charge in [-0.05, 0) is 45.7 Å². The number of piperazine rings is 1. The van der Waals surface area contributed by atoms with E-state index >= 15 is 0 Å². The van der Waals surface area contributed by atoms with Crippen molar-refractivity contribution < 1.29 is 14.3 Å². The van der Waals surface area contributed by atoms with Crippen LogP contribution >= 0.6 is 0 Å². The van der Waals surface area contributed by atoms with Crippen molar-refractivity contribution in [2.24, 2.45) is 0 Å². The quantitative estimate of drug-likeness (QED) is 0.862. The fourth-order valence-electron chi connectivity index (χ4n) is 3.67. The van der Waals surface area contributed by atoms with Crippen molar-refractivity contribution >= 4 is 6.09 Å². The molecule has 0 saturated carbocycles. The van der Waals surface area contributed by atoms with Crippen LogP contribution in [0, 0.1) is 0 Å². The normalized spacial score (nSPS) is 25.0. The average molecular weight is 361 g/mol. The van der Waals surface area contributed by atoms with Gasteiger partial charge in [-0.25, -0.2) is 4.79 Å². The molecule has 144 valence electrons. The van der Waals surface area contributed by atoms with Crippen LogP contribution in [0.25, 0.3) is 0 Å². The van der Waals surface area contributed by atoms with Crippen molar-refractivity contribution in [1.29, 1.82) is 0 Å². The van der Waals surface area contributed by atoms with Crippen LogP contribution in [0.4, 0.5) is 4.79 Å². The van der Waals surface area contributed by atoms with E-state index in [1.165, 1.54) is 0 Å². The third-order valence-electron chi connectivity index (χ3n) is 4.79. The zero-order chi connectivity index (χ0) is 18.6. The standard InChI is InChI=1S/C20H31N3O3/c1-20(2,3)26-19(24)23-13-7-10-17(23)18(16-14-21-11-12-22-16)25-15-8-5-4-6-9-15/h4-6,8-9,16-18,21-22H,7,10-14H2,1-3H3/t16?,17-,18?/m1/s1. The summed E-state index contributed by atoms with van der Waals surface area (Å²) in [6.07, 6.45) is 1.53. The van der Waals surface area contributed by atoms with Gasteiger partial charge < -0.3 is 25.0 Å². The van der Waals surface area contributed by atoms with E-state index in [0.717, 1.165) is 38.2 Å². The Bertz CT molecular complexity index is 582. The van der Waals surface area contributed by atoms with Crippen molar-refractivity contribution in [3.63, 3.8) is 0 Å². The third-order valence-corrected chi connectivity index (χ3v) is 4.79. The van der Waals surface area contributed by atoms with E-state index in [1.54, 1.807) is 0 Å². The molecule has 0 aromatic heterocycles. The Morgan fingerprint density at radius 2 is 2.00 bits per heavy atom. The van der Waals surface area contributed by atoms with E-state index in [9.17, 15) is 4.79 Å². The van der Waals surface area contributed by atoms with Gasteiger partial charge in [0, 0.05) is 26.2 Å². The molecule has 2 fully saturated rings. The Labute approximate surface area is 156 Å². The maximum atomic E-state index is 12.7. The predicted octanol–water partition coefficient (Wildman–Crippen LogP) is 2.39. The van der Waals surface area contributed by atoms with E-state index in [2.05, 4.69) is 10.6 Å². The number of hydrogen-bond acceptors (Lipinski definition) is 5. The lowest BCUT2D eigenvalue weighted by atomic mass is 9.99. The largest absolute Gasteiger partial charge is 0.487 e. The number of carbonyl (C=O) groups excluding carboxylic acids is 1. The Morgan fingerprint density at radius 1 is 1.23 bits per heavy atom. The molecule has 3 rings (SSSR count). The number of ether oxygens (including phenoxy) is 2. The zero-order valence-corrected chi connectivity index (χ0v) is 16.0. The van der Waals surface area contributed by atoms with Crippen molar-refractivity contribution in [3.8, 4) is 5.75 Å². The highest BCUT2D eigenvalue weighted by Crippen LogP contribution is 2.27. The second-order valence-corrected chi connectivity index (χ2v) is 8.04. The summed E-state index contributed by atoms with van der Waals surface area (Å²) in [6.45, 7) is 9.11. The molecule has 2 heterocycles. The van der Waals surface area contributed by atoms with Gasteiger partial charge in [-0.15, -0.1) is 0 Å². The summed E-state index contributed by atoms with van der Waals surface area (Å²) in [4.78, 5) is 14.6. The number of carbonyl (C=O) groups is 1. The first-order valence-electron chi connectivity index (χ1n) is 9.59. The van der Waals surface area contributed by atoms with Gasteiger partial charge >= 0.3 is 6.09 Å². The van der Waals surface area contributed by atoms with Crippen molar-refractivity contribution in [1.82, 2.24) is 15.5 Å². The van der Waals surface area contributed by atoms with E-state index < -0.39 is 5.60 Å². The second kappa shape index (κ2) is 8.27. The second-order valence-electron chi connectivity index (χ2n) is 8.04.